The van der Waals surface area contributed by atoms with Crippen LogP contribution in [0, 0.1) is 0 Å². The van der Waals surface area contributed by atoms with Gasteiger partial charge in [-0.15, -0.1) is 0 Å². The molecule has 130 valence electrons. The molecule has 1 aromatic carbocycles. The maximum atomic E-state index is 12.6. The smallest absolute Gasteiger partial charge is 0.319 e. The van der Waals surface area contributed by atoms with Crippen molar-refractivity contribution in [2.24, 2.45) is 5.73 Å². The van der Waals surface area contributed by atoms with Crippen LogP contribution in [-0.2, 0) is 4.79 Å². The fourth-order valence-corrected chi connectivity index (χ4v) is 3.64. The fourth-order valence-electron chi connectivity index (χ4n) is 3.64. The van der Waals surface area contributed by atoms with Gasteiger partial charge >= 0.3 is 6.03 Å². The van der Waals surface area contributed by atoms with Gasteiger partial charge in [0, 0.05) is 24.8 Å². The average Bonchev–Trinajstić information content (AvgIpc) is 3.04. The molecule has 2 aliphatic rings. The van der Waals surface area contributed by atoms with E-state index in [9.17, 15) is 9.59 Å². The molecule has 1 aliphatic carbocycles. The second-order valence-electron chi connectivity index (χ2n) is 6.89. The SMILES string of the molecule is NC1(C(=O)N2CCC(NC(=O)Nc3ccccc3)CC2)CCCC1. The Morgan fingerprint density at radius 2 is 1.71 bits per heavy atom. The third-order valence-electron chi connectivity index (χ3n) is 5.07. The van der Waals surface area contributed by atoms with Crippen LogP contribution in [0.1, 0.15) is 38.5 Å². The van der Waals surface area contributed by atoms with Gasteiger partial charge in [-0.1, -0.05) is 31.0 Å². The van der Waals surface area contributed by atoms with Gasteiger partial charge < -0.3 is 21.3 Å². The molecule has 0 bridgehead atoms. The molecule has 0 aromatic heterocycles. The highest BCUT2D eigenvalue weighted by molar-refractivity contribution is 5.89. The number of nitrogens with two attached hydrogens (primary N) is 1. The highest BCUT2D eigenvalue weighted by atomic mass is 16.2. The van der Waals surface area contributed by atoms with E-state index in [1.54, 1.807) is 0 Å². The Kier molecular flexibility index (Phi) is 5.04. The van der Waals surface area contributed by atoms with Gasteiger partial charge in [0.15, 0.2) is 0 Å². The molecular weight excluding hydrogens is 304 g/mol. The Bertz CT molecular complexity index is 576. The van der Waals surface area contributed by atoms with Crippen LogP contribution in [0.4, 0.5) is 10.5 Å². The van der Waals surface area contributed by atoms with Crippen molar-refractivity contribution in [3.05, 3.63) is 30.3 Å². The minimum atomic E-state index is -0.648. The lowest BCUT2D eigenvalue weighted by atomic mass is 9.95. The minimum absolute atomic E-state index is 0.0900. The van der Waals surface area contributed by atoms with Crippen molar-refractivity contribution in [2.45, 2.75) is 50.1 Å². The van der Waals surface area contributed by atoms with Gasteiger partial charge in [-0.05, 0) is 37.8 Å². The molecule has 24 heavy (non-hydrogen) atoms. The Hall–Kier alpha value is -2.08. The van der Waals surface area contributed by atoms with E-state index < -0.39 is 5.54 Å². The van der Waals surface area contributed by atoms with E-state index in [0.29, 0.717) is 13.1 Å². The predicted molar refractivity (Wildman–Crippen MR) is 93.6 cm³/mol. The van der Waals surface area contributed by atoms with Crippen LogP contribution >= 0.6 is 0 Å². The molecule has 3 amide bonds. The first-order chi connectivity index (χ1) is 11.6. The number of hydrogen-bond acceptors (Lipinski definition) is 3. The second-order valence-corrected chi connectivity index (χ2v) is 6.89. The summed E-state index contributed by atoms with van der Waals surface area (Å²) in [5.74, 6) is 0.0900. The number of likely N-dealkylation sites (tertiary alicyclic amines) is 1. The summed E-state index contributed by atoms with van der Waals surface area (Å²) in [6, 6.07) is 9.26. The predicted octanol–water partition coefficient (Wildman–Crippen LogP) is 2.07. The molecular formula is C18H26N4O2. The number of urea groups is 1. The molecule has 6 heteroatoms. The van der Waals surface area contributed by atoms with Crippen molar-refractivity contribution < 1.29 is 9.59 Å². The van der Waals surface area contributed by atoms with Gasteiger partial charge in [0.05, 0.1) is 5.54 Å². The molecule has 1 saturated carbocycles. The van der Waals surface area contributed by atoms with E-state index in [1.165, 1.54) is 0 Å². The Balaban J connectivity index is 1.45. The normalized spacial score (nSPS) is 20.6. The number of piperidine rings is 1. The standard InChI is InChI=1S/C18H26N4O2/c19-18(10-4-5-11-18)16(23)22-12-8-15(9-13-22)21-17(24)20-14-6-2-1-3-7-14/h1-3,6-7,15H,4-5,8-13,19H2,(H2,20,21,24). The van der Waals surface area contributed by atoms with E-state index in [1.807, 2.05) is 35.2 Å². The molecule has 0 atom stereocenters. The van der Waals surface area contributed by atoms with Crippen molar-refractivity contribution in [2.75, 3.05) is 18.4 Å². The van der Waals surface area contributed by atoms with E-state index in [-0.39, 0.29) is 18.0 Å². The molecule has 0 spiro atoms. The average molecular weight is 330 g/mol. The molecule has 6 nitrogen and oxygen atoms in total. The number of benzene rings is 1. The van der Waals surface area contributed by atoms with Gasteiger partial charge in [0.1, 0.15) is 0 Å². The molecule has 3 rings (SSSR count). The van der Waals surface area contributed by atoms with Crippen molar-refractivity contribution in [1.82, 2.24) is 10.2 Å². The number of carbonyl (C=O) groups is 2. The number of nitrogens with one attached hydrogen (secondary N) is 2. The lowest BCUT2D eigenvalue weighted by Crippen LogP contribution is -2.57. The molecule has 1 heterocycles. The molecule has 4 N–H and O–H groups in total. The zero-order valence-electron chi connectivity index (χ0n) is 14.0. The van der Waals surface area contributed by atoms with Gasteiger partial charge in [0.2, 0.25) is 5.91 Å². The monoisotopic (exact) mass is 330 g/mol. The van der Waals surface area contributed by atoms with Gasteiger partial charge in [0.25, 0.3) is 0 Å². The zero-order valence-corrected chi connectivity index (χ0v) is 14.0. The van der Waals surface area contributed by atoms with Crippen molar-refractivity contribution >= 4 is 17.6 Å². The van der Waals surface area contributed by atoms with E-state index >= 15 is 0 Å². The third-order valence-corrected chi connectivity index (χ3v) is 5.07. The first-order valence-corrected chi connectivity index (χ1v) is 8.78. The summed E-state index contributed by atoms with van der Waals surface area (Å²) in [6.45, 7) is 1.32. The summed E-state index contributed by atoms with van der Waals surface area (Å²) in [5.41, 5.74) is 6.39. The molecule has 1 saturated heterocycles. The summed E-state index contributed by atoms with van der Waals surface area (Å²) in [4.78, 5) is 26.5. The fraction of sp³-hybridized carbons (Fsp3) is 0.556. The van der Waals surface area contributed by atoms with Crippen molar-refractivity contribution in [1.29, 1.82) is 0 Å². The molecule has 0 unspecified atom stereocenters. The molecule has 1 aliphatic heterocycles. The zero-order chi connectivity index (χ0) is 17.0. The van der Waals surface area contributed by atoms with Crippen LogP contribution in [0.15, 0.2) is 30.3 Å². The summed E-state index contributed by atoms with van der Waals surface area (Å²) in [6.07, 6.45) is 5.21. The molecule has 1 aromatic rings. The number of nitrogens with zero attached hydrogens (tertiary/aromatic N) is 1. The molecule has 2 fully saturated rings. The summed E-state index contributed by atoms with van der Waals surface area (Å²) in [5, 5.41) is 5.81. The Morgan fingerprint density at radius 3 is 2.33 bits per heavy atom. The maximum absolute atomic E-state index is 12.6. The highest BCUT2D eigenvalue weighted by Crippen LogP contribution is 2.30. The highest BCUT2D eigenvalue weighted by Gasteiger charge is 2.40. The number of para-hydroxylation sites is 1. The maximum Gasteiger partial charge on any atom is 0.319 e. The number of hydrogen-bond donors (Lipinski definition) is 3. The van der Waals surface area contributed by atoms with Crippen LogP contribution in [0.3, 0.4) is 0 Å². The van der Waals surface area contributed by atoms with Gasteiger partial charge in [-0.3, -0.25) is 4.79 Å². The Morgan fingerprint density at radius 1 is 1.08 bits per heavy atom. The number of carbonyl (C=O) groups excluding carboxylic acids is 2. The summed E-state index contributed by atoms with van der Waals surface area (Å²) in [7, 11) is 0. The summed E-state index contributed by atoms with van der Waals surface area (Å²) < 4.78 is 0. The Labute approximate surface area is 142 Å². The van der Waals surface area contributed by atoms with Crippen molar-refractivity contribution in [3.63, 3.8) is 0 Å². The summed E-state index contributed by atoms with van der Waals surface area (Å²) >= 11 is 0. The lowest BCUT2D eigenvalue weighted by Gasteiger charge is -2.37. The number of rotatable bonds is 3. The molecule has 0 radical (unpaired) electrons. The minimum Gasteiger partial charge on any atom is -0.341 e. The number of amides is 3. The van der Waals surface area contributed by atoms with Crippen molar-refractivity contribution in [3.8, 4) is 0 Å². The van der Waals surface area contributed by atoms with E-state index in [2.05, 4.69) is 10.6 Å². The second kappa shape index (κ2) is 7.21. The van der Waals surface area contributed by atoms with Crippen LogP contribution in [-0.4, -0.2) is 41.5 Å². The quantitative estimate of drug-likeness (QED) is 0.793. The van der Waals surface area contributed by atoms with E-state index in [4.69, 9.17) is 5.73 Å². The third kappa shape index (κ3) is 3.87. The van der Waals surface area contributed by atoms with Crippen LogP contribution in [0.5, 0.6) is 0 Å². The lowest BCUT2D eigenvalue weighted by molar-refractivity contribution is -0.137. The van der Waals surface area contributed by atoms with Crippen LogP contribution in [0.25, 0.3) is 0 Å². The first kappa shape index (κ1) is 16.8. The van der Waals surface area contributed by atoms with Crippen LogP contribution in [0.2, 0.25) is 0 Å². The largest absolute Gasteiger partial charge is 0.341 e. The van der Waals surface area contributed by atoms with Crippen LogP contribution < -0.4 is 16.4 Å². The topological polar surface area (TPSA) is 87.5 Å². The van der Waals surface area contributed by atoms with Gasteiger partial charge in [-0.2, -0.15) is 0 Å². The number of anilines is 1. The first-order valence-electron chi connectivity index (χ1n) is 8.78. The van der Waals surface area contributed by atoms with E-state index in [0.717, 1.165) is 44.2 Å². The van der Waals surface area contributed by atoms with Gasteiger partial charge in [-0.25, -0.2) is 4.79 Å².